The summed E-state index contributed by atoms with van der Waals surface area (Å²) in [6, 6.07) is 11.3. The number of anilines is 1. The quantitative estimate of drug-likeness (QED) is 0.592. The third kappa shape index (κ3) is 3.54. The molecule has 0 aliphatic heterocycles. The minimum Gasteiger partial charge on any atom is -0.497 e. The molecule has 0 aliphatic rings. The number of aromatic nitrogens is 2. The monoisotopic (exact) mass is 441 g/mol. The largest absolute Gasteiger partial charge is 0.497 e. The van der Waals surface area contributed by atoms with Crippen LogP contribution < -0.4 is 9.04 Å². The van der Waals surface area contributed by atoms with Gasteiger partial charge in [0.2, 0.25) is 0 Å². The summed E-state index contributed by atoms with van der Waals surface area (Å²) in [7, 11) is 2.20. The maximum absolute atomic E-state index is 12.4. The van der Waals surface area contributed by atoms with Gasteiger partial charge in [-0.25, -0.2) is 4.21 Å². The van der Waals surface area contributed by atoms with Gasteiger partial charge in [0.15, 0.2) is 5.82 Å². The maximum Gasteiger partial charge on any atom is 0.172 e. The molecule has 1 heterocycles. The molecule has 0 amide bonds. The first kappa shape index (κ1) is 18.2. The summed E-state index contributed by atoms with van der Waals surface area (Å²) in [5.41, 5.74) is 1.87. The van der Waals surface area contributed by atoms with Crippen LogP contribution >= 0.6 is 27.5 Å². The summed E-state index contributed by atoms with van der Waals surface area (Å²) < 4.78 is 22.0. The Kier molecular flexibility index (Phi) is 5.36. The minimum absolute atomic E-state index is 0.446. The molecule has 0 bridgehead atoms. The van der Waals surface area contributed by atoms with Gasteiger partial charge in [-0.1, -0.05) is 23.7 Å². The molecule has 132 valence electrons. The molecule has 0 saturated heterocycles. The Labute approximate surface area is 162 Å². The molecule has 2 aromatic carbocycles. The van der Waals surface area contributed by atoms with Crippen molar-refractivity contribution in [2.24, 2.45) is 7.05 Å². The maximum atomic E-state index is 12.4. The molecule has 0 fully saturated rings. The van der Waals surface area contributed by atoms with Crippen LogP contribution in [0.15, 0.2) is 40.9 Å². The van der Waals surface area contributed by atoms with Gasteiger partial charge in [0.25, 0.3) is 0 Å². The average Bonchev–Trinajstić information content (AvgIpc) is 2.94. The number of hydrogen-bond acceptors (Lipinski definition) is 3. The smallest absolute Gasteiger partial charge is 0.172 e. The topological polar surface area (TPSA) is 47.4 Å². The molecule has 1 atom stereocenters. The lowest BCUT2D eigenvalue weighted by Gasteiger charge is -2.20. The van der Waals surface area contributed by atoms with Crippen molar-refractivity contribution in [3.05, 3.63) is 51.5 Å². The second kappa shape index (κ2) is 7.35. The number of aryl methyl sites for hydroxylation is 1. The summed E-state index contributed by atoms with van der Waals surface area (Å²) in [5, 5.41) is 5.93. The predicted molar refractivity (Wildman–Crippen MR) is 107 cm³/mol. The number of fused-ring (bicyclic) bond motifs is 1. The van der Waals surface area contributed by atoms with E-state index in [4.69, 9.17) is 16.3 Å². The fourth-order valence-corrected chi connectivity index (χ4v) is 4.20. The zero-order valence-electron chi connectivity index (χ0n) is 14.0. The van der Waals surface area contributed by atoms with E-state index in [-0.39, 0.29) is 0 Å². The summed E-state index contributed by atoms with van der Waals surface area (Å²) in [5.74, 6) is 1.38. The van der Waals surface area contributed by atoms with E-state index in [1.54, 1.807) is 22.4 Å². The van der Waals surface area contributed by atoms with Crippen molar-refractivity contribution in [1.82, 2.24) is 9.78 Å². The fourth-order valence-electron chi connectivity index (χ4n) is 2.67. The van der Waals surface area contributed by atoms with Crippen LogP contribution in [0, 0.1) is 0 Å². The lowest BCUT2D eigenvalue weighted by atomic mass is 10.2. The van der Waals surface area contributed by atoms with Gasteiger partial charge < -0.3 is 4.74 Å². The van der Waals surface area contributed by atoms with Crippen LogP contribution in [0.4, 0.5) is 5.82 Å². The fraction of sp³-hybridized carbons (Fsp3) is 0.235. The van der Waals surface area contributed by atoms with Gasteiger partial charge in [0, 0.05) is 17.8 Å². The van der Waals surface area contributed by atoms with Crippen LogP contribution in [0.5, 0.6) is 5.75 Å². The van der Waals surface area contributed by atoms with E-state index < -0.39 is 11.0 Å². The molecule has 3 aromatic rings. The molecular formula is C17H17BrClN3O2S. The van der Waals surface area contributed by atoms with Crippen molar-refractivity contribution in [3.63, 3.8) is 0 Å². The third-order valence-corrected chi connectivity index (χ3v) is 5.78. The van der Waals surface area contributed by atoms with Crippen LogP contribution in [-0.2, 0) is 24.6 Å². The number of methoxy groups -OCH3 is 1. The second-order valence-electron chi connectivity index (χ2n) is 5.51. The zero-order valence-corrected chi connectivity index (χ0v) is 17.2. The highest BCUT2D eigenvalue weighted by Crippen LogP contribution is 2.37. The molecule has 0 spiro atoms. The zero-order chi connectivity index (χ0) is 18.1. The Morgan fingerprint density at radius 3 is 2.56 bits per heavy atom. The van der Waals surface area contributed by atoms with E-state index in [1.165, 1.54) is 0 Å². The highest BCUT2D eigenvalue weighted by Gasteiger charge is 2.22. The van der Waals surface area contributed by atoms with E-state index in [1.807, 2.05) is 43.4 Å². The molecule has 0 radical (unpaired) electrons. The SMILES string of the molecule is COc1ccc(CN(c2nn(C)c3c(Br)ccc(Cl)c23)S(C)=O)cc1. The summed E-state index contributed by atoms with van der Waals surface area (Å²) in [4.78, 5) is 0. The number of ether oxygens (including phenoxy) is 1. The highest BCUT2D eigenvalue weighted by atomic mass is 79.9. The predicted octanol–water partition coefficient (Wildman–Crippen LogP) is 4.30. The molecule has 5 nitrogen and oxygen atoms in total. The van der Waals surface area contributed by atoms with E-state index in [0.29, 0.717) is 17.4 Å². The van der Waals surface area contributed by atoms with Crippen LogP contribution in [0.1, 0.15) is 5.56 Å². The van der Waals surface area contributed by atoms with E-state index in [0.717, 1.165) is 26.7 Å². The Hall–Kier alpha value is -1.57. The molecular weight excluding hydrogens is 426 g/mol. The molecule has 0 aliphatic carbocycles. The normalized spacial score (nSPS) is 12.4. The molecule has 0 saturated carbocycles. The molecule has 0 N–H and O–H groups in total. The Morgan fingerprint density at radius 2 is 1.96 bits per heavy atom. The Bertz CT molecular complexity index is 943. The molecule has 3 rings (SSSR count). The van der Waals surface area contributed by atoms with Crippen molar-refractivity contribution in [3.8, 4) is 5.75 Å². The van der Waals surface area contributed by atoms with Crippen molar-refractivity contribution < 1.29 is 8.95 Å². The molecule has 1 unspecified atom stereocenters. The van der Waals surface area contributed by atoms with Crippen LogP contribution in [0.2, 0.25) is 5.02 Å². The second-order valence-corrected chi connectivity index (χ2v) is 8.06. The van der Waals surface area contributed by atoms with Crippen molar-refractivity contribution >= 4 is 55.2 Å². The van der Waals surface area contributed by atoms with Crippen LogP contribution in [0.3, 0.4) is 0 Å². The lowest BCUT2D eigenvalue weighted by Crippen LogP contribution is -2.25. The van der Waals surface area contributed by atoms with Gasteiger partial charge in [-0.15, -0.1) is 0 Å². The summed E-state index contributed by atoms with van der Waals surface area (Å²) in [6.07, 6.45) is 1.63. The number of benzene rings is 2. The average molecular weight is 443 g/mol. The minimum atomic E-state index is -1.27. The van der Waals surface area contributed by atoms with Gasteiger partial charge in [-0.2, -0.15) is 5.10 Å². The van der Waals surface area contributed by atoms with E-state index in [9.17, 15) is 4.21 Å². The first-order chi connectivity index (χ1) is 11.9. The van der Waals surface area contributed by atoms with E-state index >= 15 is 0 Å². The number of halogens is 2. The molecule has 8 heteroatoms. The van der Waals surface area contributed by atoms with Crippen LogP contribution in [0.25, 0.3) is 10.9 Å². The van der Waals surface area contributed by atoms with Gasteiger partial charge in [-0.3, -0.25) is 8.99 Å². The highest BCUT2D eigenvalue weighted by molar-refractivity contribution is 9.10. The number of hydrogen-bond donors (Lipinski definition) is 0. The summed E-state index contributed by atoms with van der Waals surface area (Å²) in [6.45, 7) is 0.446. The van der Waals surface area contributed by atoms with Crippen molar-refractivity contribution in [2.45, 2.75) is 6.54 Å². The van der Waals surface area contributed by atoms with Crippen LogP contribution in [-0.4, -0.2) is 27.4 Å². The third-order valence-electron chi connectivity index (χ3n) is 3.90. The number of rotatable bonds is 5. The van der Waals surface area contributed by atoms with Gasteiger partial charge in [0.1, 0.15) is 16.7 Å². The Morgan fingerprint density at radius 1 is 1.28 bits per heavy atom. The summed E-state index contributed by atoms with van der Waals surface area (Å²) >= 11 is 9.96. The van der Waals surface area contributed by atoms with Gasteiger partial charge in [-0.05, 0) is 45.8 Å². The first-order valence-electron chi connectivity index (χ1n) is 7.47. The lowest BCUT2D eigenvalue weighted by molar-refractivity contribution is 0.414. The van der Waals surface area contributed by atoms with Gasteiger partial charge >= 0.3 is 0 Å². The Balaban J connectivity index is 2.08. The van der Waals surface area contributed by atoms with Gasteiger partial charge in [0.05, 0.1) is 29.6 Å². The molecule has 25 heavy (non-hydrogen) atoms. The van der Waals surface area contributed by atoms with Crippen molar-refractivity contribution in [1.29, 1.82) is 0 Å². The van der Waals surface area contributed by atoms with Crippen molar-refractivity contribution in [2.75, 3.05) is 17.7 Å². The van der Waals surface area contributed by atoms with E-state index in [2.05, 4.69) is 21.0 Å². The first-order valence-corrected chi connectivity index (χ1v) is 10.2. The standard InChI is InChI=1S/C17H17BrClN3O2S/c1-21-16-13(18)8-9-14(19)15(16)17(20-21)22(25(3)23)10-11-4-6-12(24-2)7-5-11/h4-9H,10H2,1-3H3. The number of nitrogens with zero attached hydrogens (tertiary/aromatic N) is 3. The molecule has 1 aromatic heterocycles.